The van der Waals surface area contributed by atoms with E-state index in [0.717, 1.165) is 32.0 Å². The van der Waals surface area contributed by atoms with Crippen LogP contribution in [0.1, 0.15) is 43.9 Å². The zero-order valence-corrected chi connectivity index (χ0v) is 16.2. The summed E-state index contributed by atoms with van der Waals surface area (Å²) in [5.74, 6) is 1.12. The number of benzene rings is 1. The number of aliphatic imine (C=N–C) groups is 1. The molecule has 0 spiro atoms. The Morgan fingerprint density at radius 3 is 2.76 bits per heavy atom. The highest BCUT2D eigenvalue weighted by atomic mass is 16.2. The minimum Gasteiger partial charge on any atom is -0.357 e. The normalized spacial score (nSPS) is 17.9. The summed E-state index contributed by atoms with van der Waals surface area (Å²) in [4.78, 5) is 18.8. The highest BCUT2D eigenvalue weighted by Crippen LogP contribution is 2.14. The Morgan fingerprint density at radius 1 is 1.36 bits per heavy atom. The molecule has 1 fully saturated rings. The van der Waals surface area contributed by atoms with Gasteiger partial charge in [-0.1, -0.05) is 37.6 Å². The summed E-state index contributed by atoms with van der Waals surface area (Å²) in [6, 6.07) is 6.73. The first kappa shape index (κ1) is 19.3. The fourth-order valence-corrected chi connectivity index (χ4v) is 3.14. The third-order valence-electron chi connectivity index (χ3n) is 4.58. The van der Waals surface area contributed by atoms with Gasteiger partial charge in [0.25, 0.3) is 0 Å². The number of rotatable bonds is 5. The summed E-state index contributed by atoms with van der Waals surface area (Å²) in [6.45, 7) is 13.3. The van der Waals surface area contributed by atoms with Crippen LogP contribution < -0.4 is 10.6 Å². The molecule has 0 saturated carbocycles. The van der Waals surface area contributed by atoms with Crippen LogP contribution >= 0.6 is 0 Å². The second kappa shape index (κ2) is 8.88. The SMILES string of the molecule is CCNC(=NCc1ccc(C)cc1C)NC1CCN(C(=O)C(C)C)C1. The first-order chi connectivity index (χ1) is 11.9. The van der Waals surface area contributed by atoms with Gasteiger partial charge < -0.3 is 15.5 Å². The molecule has 2 rings (SSSR count). The van der Waals surface area contributed by atoms with Gasteiger partial charge in [-0.2, -0.15) is 0 Å². The van der Waals surface area contributed by atoms with E-state index in [2.05, 4.69) is 49.6 Å². The Kier molecular flexibility index (Phi) is 6.85. The Bertz CT molecular complexity index is 624. The molecule has 1 saturated heterocycles. The van der Waals surface area contributed by atoms with Crippen molar-refractivity contribution >= 4 is 11.9 Å². The molecule has 0 bridgehead atoms. The zero-order chi connectivity index (χ0) is 18.4. The van der Waals surface area contributed by atoms with Gasteiger partial charge in [0, 0.05) is 31.6 Å². The predicted octanol–water partition coefficient (Wildman–Crippen LogP) is 2.62. The van der Waals surface area contributed by atoms with Crippen molar-refractivity contribution in [2.24, 2.45) is 10.9 Å². The molecule has 1 heterocycles. The molecular formula is C20H32N4O. The Hall–Kier alpha value is -2.04. The van der Waals surface area contributed by atoms with E-state index in [-0.39, 0.29) is 17.9 Å². The Labute approximate surface area is 151 Å². The van der Waals surface area contributed by atoms with Crippen LogP contribution in [-0.4, -0.2) is 42.4 Å². The molecule has 5 heteroatoms. The molecule has 25 heavy (non-hydrogen) atoms. The molecule has 1 aromatic rings. The molecule has 1 aromatic carbocycles. The fourth-order valence-electron chi connectivity index (χ4n) is 3.14. The molecule has 1 aliphatic heterocycles. The molecule has 0 aliphatic carbocycles. The molecular weight excluding hydrogens is 312 g/mol. The van der Waals surface area contributed by atoms with Gasteiger partial charge in [0.2, 0.25) is 5.91 Å². The number of carbonyl (C=O) groups is 1. The van der Waals surface area contributed by atoms with Gasteiger partial charge in [-0.25, -0.2) is 4.99 Å². The van der Waals surface area contributed by atoms with E-state index in [9.17, 15) is 4.79 Å². The monoisotopic (exact) mass is 344 g/mol. The van der Waals surface area contributed by atoms with Gasteiger partial charge in [-0.15, -0.1) is 0 Å². The van der Waals surface area contributed by atoms with E-state index in [0.29, 0.717) is 6.54 Å². The number of nitrogens with zero attached hydrogens (tertiary/aromatic N) is 2. The van der Waals surface area contributed by atoms with E-state index in [1.807, 2.05) is 18.7 Å². The van der Waals surface area contributed by atoms with E-state index >= 15 is 0 Å². The van der Waals surface area contributed by atoms with Gasteiger partial charge in [0.05, 0.1) is 6.54 Å². The van der Waals surface area contributed by atoms with Gasteiger partial charge in [0.15, 0.2) is 5.96 Å². The number of amides is 1. The first-order valence-electron chi connectivity index (χ1n) is 9.30. The van der Waals surface area contributed by atoms with Crippen LogP contribution in [0.3, 0.4) is 0 Å². The zero-order valence-electron chi connectivity index (χ0n) is 16.2. The topological polar surface area (TPSA) is 56.7 Å². The second-order valence-corrected chi connectivity index (χ2v) is 7.19. The van der Waals surface area contributed by atoms with Gasteiger partial charge in [-0.3, -0.25) is 4.79 Å². The maximum absolute atomic E-state index is 12.1. The minimum atomic E-state index is 0.0603. The van der Waals surface area contributed by atoms with Crippen molar-refractivity contribution in [3.05, 3.63) is 34.9 Å². The van der Waals surface area contributed by atoms with Crippen molar-refractivity contribution in [1.82, 2.24) is 15.5 Å². The number of hydrogen-bond donors (Lipinski definition) is 2. The molecule has 1 unspecified atom stereocenters. The molecule has 1 aliphatic rings. The van der Waals surface area contributed by atoms with Crippen molar-refractivity contribution in [3.63, 3.8) is 0 Å². The molecule has 2 N–H and O–H groups in total. The van der Waals surface area contributed by atoms with Crippen LogP contribution in [0.5, 0.6) is 0 Å². The highest BCUT2D eigenvalue weighted by molar-refractivity contribution is 5.81. The van der Waals surface area contributed by atoms with Crippen LogP contribution in [0.25, 0.3) is 0 Å². The van der Waals surface area contributed by atoms with Crippen molar-refractivity contribution in [3.8, 4) is 0 Å². The Morgan fingerprint density at radius 2 is 2.12 bits per heavy atom. The van der Waals surface area contributed by atoms with E-state index < -0.39 is 0 Å². The van der Waals surface area contributed by atoms with Crippen LogP contribution in [0.2, 0.25) is 0 Å². The lowest BCUT2D eigenvalue weighted by atomic mass is 10.1. The number of guanidine groups is 1. The lowest BCUT2D eigenvalue weighted by molar-refractivity contribution is -0.133. The largest absolute Gasteiger partial charge is 0.357 e. The summed E-state index contributed by atoms with van der Waals surface area (Å²) in [5.41, 5.74) is 3.79. The van der Waals surface area contributed by atoms with Gasteiger partial charge in [0.1, 0.15) is 0 Å². The molecule has 1 amide bonds. The summed E-state index contributed by atoms with van der Waals surface area (Å²) >= 11 is 0. The maximum atomic E-state index is 12.1. The summed E-state index contributed by atoms with van der Waals surface area (Å²) < 4.78 is 0. The fraction of sp³-hybridized carbons (Fsp3) is 0.600. The van der Waals surface area contributed by atoms with Crippen LogP contribution in [-0.2, 0) is 11.3 Å². The third kappa shape index (κ3) is 5.48. The van der Waals surface area contributed by atoms with Gasteiger partial charge in [-0.05, 0) is 38.3 Å². The molecule has 0 radical (unpaired) electrons. The van der Waals surface area contributed by atoms with Crippen LogP contribution in [0, 0.1) is 19.8 Å². The number of aryl methyl sites for hydroxylation is 2. The lowest BCUT2D eigenvalue weighted by Crippen LogP contribution is -2.45. The van der Waals surface area contributed by atoms with Crippen molar-refractivity contribution in [1.29, 1.82) is 0 Å². The van der Waals surface area contributed by atoms with Crippen molar-refractivity contribution < 1.29 is 4.79 Å². The highest BCUT2D eigenvalue weighted by Gasteiger charge is 2.27. The van der Waals surface area contributed by atoms with Crippen molar-refractivity contribution in [2.75, 3.05) is 19.6 Å². The number of carbonyl (C=O) groups excluding carboxylic acids is 1. The molecule has 0 aromatic heterocycles. The number of nitrogens with one attached hydrogen (secondary N) is 2. The minimum absolute atomic E-state index is 0.0603. The van der Waals surface area contributed by atoms with Crippen LogP contribution in [0.4, 0.5) is 0 Å². The third-order valence-corrected chi connectivity index (χ3v) is 4.58. The lowest BCUT2D eigenvalue weighted by Gasteiger charge is -2.20. The second-order valence-electron chi connectivity index (χ2n) is 7.19. The predicted molar refractivity (Wildman–Crippen MR) is 104 cm³/mol. The van der Waals surface area contributed by atoms with E-state index in [1.165, 1.54) is 16.7 Å². The summed E-state index contributed by atoms with van der Waals surface area (Å²) in [5, 5.41) is 6.80. The average molecular weight is 345 g/mol. The standard InChI is InChI=1S/C20H32N4O/c1-6-21-20(22-12-17-8-7-15(4)11-16(17)5)23-18-9-10-24(13-18)19(25)14(2)3/h7-8,11,14,18H,6,9-10,12-13H2,1-5H3,(H2,21,22,23). The number of hydrogen-bond acceptors (Lipinski definition) is 2. The average Bonchev–Trinajstić information content (AvgIpc) is 3.01. The molecule has 5 nitrogen and oxygen atoms in total. The van der Waals surface area contributed by atoms with Crippen molar-refractivity contribution in [2.45, 2.75) is 53.6 Å². The quantitative estimate of drug-likeness (QED) is 0.638. The smallest absolute Gasteiger partial charge is 0.225 e. The number of likely N-dealkylation sites (tertiary alicyclic amines) is 1. The Balaban J connectivity index is 1.97. The maximum Gasteiger partial charge on any atom is 0.225 e. The van der Waals surface area contributed by atoms with Gasteiger partial charge >= 0.3 is 0 Å². The molecule has 138 valence electrons. The van der Waals surface area contributed by atoms with Crippen LogP contribution in [0.15, 0.2) is 23.2 Å². The first-order valence-corrected chi connectivity index (χ1v) is 9.30. The summed E-state index contributed by atoms with van der Waals surface area (Å²) in [6.07, 6.45) is 0.965. The summed E-state index contributed by atoms with van der Waals surface area (Å²) in [7, 11) is 0. The van der Waals surface area contributed by atoms with E-state index in [4.69, 9.17) is 4.99 Å². The molecule has 1 atom stereocenters. The van der Waals surface area contributed by atoms with E-state index in [1.54, 1.807) is 0 Å².